The molecule has 4 rings (SSSR count). The molecular weight excluding hydrogens is 282 g/mol. The Labute approximate surface area is 142 Å². The number of nitrogens with one attached hydrogen (secondary N) is 1. The Morgan fingerprint density at radius 1 is 0.957 bits per heavy atom. The minimum Gasteiger partial charge on any atom is -0.317 e. The predicted molar refractivity (Wildman–Crippen MR) is 94.1 cm³/mol. The van der Waals surface area contributed by atoms with Gasteiger partial charge in [-0.3, -0.25) is 4.79 Å². The fourth-order valence-electron chi connectivity index (χ4n) is 7.78. The molecule has 2 nitrogen and oxygen atoms in total. The molecule has 0 aliphatic heterocycles. The van der Waals surface area contributed by atoms with Crippen LogP contribution in [0.5, 0.6) is 0 Å². The van der Waals surface area contributed by atoms with Crippen LogP contribution in [-0.4, -0.2) is 18.9 Å². The van der Waals surface area contributed by atoms with E-state index in [0.717, 1.165) is 35.6 Å². The van der Waals surface area contributed by atoms with Crippen LogP contribution in [0, 0.1) is 40.9 Å². The van der Waals surface area contributed by atoms with E-state index in [9.17, 15) is 4.79 Å². The lowest BCUT2D eigenvalue weighted by molar-refractivity contribution is -0.128. The van der Waals surface area contributed by atoms with Crippen LogP contribution in [-0.2, 0) is 4.79 Å². The van der Waals surface area contributed by atoms with Crippen LogP contribution in [0.2, 0.25) is 0 Å². The lowest BCUT2D eigenvalue weighted by atomic mass is 9.49. The van der Waals surface area contributed by atoms with Crippen molar-refractivity contribution < 1.29 is 4.79 Å². The van der Waals surface area contributed by atoms with E-state index in [4.69, 9.17) is 0 Å². The zero-order chi connectivity index (χ0) is 16.2. The maximum atomic E-state index is 12.2. The number of hydrogen-bond donors (Lipinski definition) is 1. The van der Waals surface area contributed by atoms with Gasteiger partial charge in [0.15, 0.2) is 0 Å². The number of hydrogen-bond acceptors (Lipinski definition) is 2. The molecule has 4 fully saturated rings. The van der Waals surface area contributed by atoms with Crippen LogP contribution >= 0.6 is 0 Å². The first-order chi connectivity index (χ1) is 11.0. The summed E-state index contributed by atoms with van der Waals surface area (Å²) in [6.07, 6.45) is 12.4. The molecule has 8 atom stereocenters. The molecule has 0 heterocycles. The third-order valence-electron chi connectivity index (χ3n) is 8.85. The van der Waals surface area contributed by atoms with Gasteiger partial charge in [0.2, 0.25) is 0 Å². The van der Waals surface area contributed by atoms with Crippen LogP contribution in [0.3, 0.4) is 0 Å². The average molecular weight is 318 g/mol. The van der Waals surface area contributed by atoms with Crippen LogP contribution in [0.25, 0.3) is 0 Å². The summed E-state index contributed by atoms with van der Waals surface area (Å²) in [7, 11) is 2.14. The molecule has 1 unspecified atom stereocenters. The average Bonchev–Trinajstić information content (AvgIpc) is 2.91. The SMILES string of the molecule is CN[C@@H]1CC[C@H]2[C@H](CC[C@@H]3[C@@H]2CC[C@]2(C)C(C(C)=O)CC[C@@H]32)C1. The molecule has 4 aliphatic carbocycles. The molecule has 0 aromatic carbocycles. The lowest BCUT2D eigenvalue weighted by Gasteiger charge is -2.56. The second-order valence-electron chi connectivity index (χ2n) is 9.52. The molecule has 0 bridgehead atoms. The van der Waals surface area contributed by atoms with E-state index in [-0.39, 0.29) is 0 Å². The molecule has 0 aromatic rings. The number of fused-ring (bicyclic) bond motifs is 5. The Kier molecular flexibility index (Phi) is 4.11. The van der Waals surface area contributed by atoms with Crippen LogP contribution in [0.15, 0.2) is 0 Å². The van der Waals surface area contributed by atoms with Crippen molar-refractivity contribution in [3.8, 4) is 0 Å². The van der Waals surface area contributed by atoms with Crippen molar-refractivity contribution in [3.63, 3.8) is 0 Å². The topological polar surface area (TPSA) is 29.1 Å². The monoisotopic (exact) mass is 317 g/mol. The zero-order valence-electron chi connectivity index (χ0n) is 15.3. The molecule has 0 radical (unpaired) electrons. The minimum absolute atomic E-state index is 0.335. The Balaban J connectivity index is 1.53. The predicted octanol–water partition coefficient (Wildman–Crippen LogP) is 4.43. The molecule has 0 spiro atoms. The highest BCUT2D eigenvalue weighted by Crippen LogP contribution is 2.64. The van der Waals surface area contributed by atoms with E-state index in [1.54, 1.807) is 0 Å². The molecule has 23 heavy (non-hydrogen) atoms. The van der Waals surface area contributed by atoms with E-state index >= 15 is 0 Å². The second-order valence-corrected chi connectivity index (χ2v) is 9.52. The van der Waals surface area contributed by atoms with Gasteiger partial charge in [0.05, 0.1) is 0 Å². The molecule has 0 aromatic heterocycles. The second kappa shape index (κ2) is 5.86. The summed E-state index contributed by atoms with van der Waals surface area (Å²) in [5.41, 5.74) is 0.335. The Hall–Kier alpha value is -0.370. The van der Waals surface area contributed by atoms with Crippen molar-refractivity contribution in [1.29, 1.82) is 0 Å². The van der Waals surface area contributed by atoms with Crippen LogP contribution in [0.1, 0.15) is 71.6 Å². The van der Waals surface area contributed by atoms with Crippen molar-refractivity contribution >= 4 is 5.78 Å². The van der Waals surface area contributed by atoms with Crippen molar-refractivity contribution in [2.75, 3.05) is 7.05 Å². The van der Waals surface area contributed by atoms with E-state index in [1.165, 1.54) is 57.8 Å². The van der Waals surface area contributed by atoms with Gasteiger partial charge in [-0.05, 0) is 107 Å². The fourth-order valence-corrected chi connectivity index (χ4v) is 7.78. The first-order valence-electron chi connectivity index (χ1n) is 10.2. The summed E-state index contributed by atoms with van der Waals surface area (Å²) >= 11 is 0. The van der Waals surface area contributed by atoms with E-state index < -0.39 is 0 Å². The first-order valence-corrected chi connectivity index (χ1v) is 10.2. The smallest absolute Gasteiger partial charge is 0.133 e. The van der Waals surface area contributed by atoms with Gasteiger partial charge in [0.25, 0.3) is 0 Å². The molecule has 2 heteroatoms. The van der Waals surface area contributed by atoms with Gasteiger partial charge in [0, 0.05) is 12.0 Å². The van der Waals surface area contributed by atoms with Gasteiger partial charge in [-0.25, -0.2) is 0 Å². The lowest BCUT2D eigenvalue weighted by Crippen LogP contribution is -2.50. The summed E-state index contributed by atoms with van der Waals surface area (Å²) < 4.78 is 0. The van der Waals surface area contributed by atoms with Crippen LogP contribution in [0.4, 0.5) is 0 Å². The molecule has 0 amide bonds. The van der Waals surface area contributed by atoms with Crippen molar-refractivity contribution in [1.82, 2.24) is 5.32 Å². The van der Waals surface area contributed by atoms with Crippen molar-refractivity contribution in [3.05, 3.63) is 0 Å². The maximum absolute atomic E-state index is 12.2. The van der Waals surface area contributed by atoms with Gasteiger partial charge in [-0.1, -0.05) is 6.92 Å². The van der Waals surface area contributed by atoms with E-state index in [0.29, 0.717) is 17.1 Å². The zero-order valence-corrected chi connectivity index (χ0v) is 15.3. The third-order valence-corrected chi connectivity index (χ3v) is 8.85. The molecule has 130 valence electrons. The molecule has 0 saturated heterocycles. The Morgan fingerprint density at radius 3 is 2.48 bits per heavy atom. The summed E-state index contributed by atoms with van der Waals surface area (Å²) in [6, 6.07) is 0.773. The number of rotatable bonds is 2. The number of carbonyl (C=O) groups excluding carboxylic acids is 1. The van der Waals surface area contributed by atoms with Gasteiger partial charge >= 0.3 is 0 Å². The Morgan fingerprint density at radius 2 is 1.74 bits per heavy atom. The minimum atomic E-state index is 0.335. The number of ketones is 1. The standard InChI is InChI=1S/C21H35NO/c1-13(23)19-8-9-20-18-6-4-14-12-15(22-3)5-7-16(14)17(18)10-11-21(19,20)2/h14-20,22H,4-12H2,1-3H3/t14-,15-,16+,17-,18-,19?,20+,21-/m1/s1. The number of Topliss-reactive ketones (excluding diaryl/α,β-unsaturated/α-hetero) is 1. The highest BCUT2D eigenvalue weighted by molar-refractivity contribution is 5.79. The van der Waals surface area contributed by atoms with Gasteiger partial charge in [-0.2, -0.15) is 0 Å². The molecular formula is C21H35NO. The third kappa shape index (κ3) is 2.42. The maximum Gasteiger partial charge on any atom is 0.133 e. The van der Waals surface area contributed by atoms with Gasteiger partial charge in [-0.15, -0.1) is 0 Å². The first kappa shape index (κ1) is 16.1. The summed E-state index contributed by atoms with van der Waals surface area (Å²) in [5, 5.41) is 3.53. The van der Waals surface area contributed by atoms with Gasteiger partial charge in [0.1, 0.15) is 5.78 Å². The molecule has 4 aliphatic rings. The van der Waals surface area contributed by atoms with E-state index in [1.807, 2.05) is 6.92 Å². The van der Waals surface area contributed by atoms with Gasteiger partial charge < -0.3 is 5.32 Å². The summed E-state index contributed by atoms with van der Waals surface area (Å²) in [4.78, 5) is 12.2. The Bertz CT molecular complexity index is 474. The van der Waals surface area contributed by atoms with Crippen molar-refractivity contribution in [2.24, 2.45) is 40.9 Å². The number of carbonyl (C=O) groups is 1. The quantitative estimate of drug-likeness (QED) is 0.816. The molecule has 4 saturated carbocycles. The highest BCUT2D eigenvalue weighted by atomic mass is 16.1. The van der Waals surface area contributed by atoms with Crippen molar-refractivity contribution in [2.45, 2.75) is 77.7 Å². The molecule has 1 N–H and O–H groups in total. The fraction of sp³-hybridized carbons (Fsp3) is 0.952. The normalized spacial score (nSPS) is 52.4. The van der Waals surface area contributed by atoms with E-state index in [2.05, 4.69) is 19.3 Å². The highest BCUT2D eigenvalue weighted by Gasteiger charge is 2.57. The summed E-state index contributed by atoms with van der Waals surface area (Å²) in [5.74, 6) is 5.58. The largest absolute Gasteiger partial charge is 0.317 e. The summed E-state index contributed by atoms with van der Waals surface area (Å²) in [6.45, 7) is 4.32. The van der Waals surface area contributed by atoms with Crippen LogP contribution < -0.4 is 5.32 Å².